The predicted molar refractivity (Wildman–Crippen MR) is 63.7 cm³/mol. The van der Waals surface area contributed by atoms with Crippen LogP contribution in [0.4, 0.5) is 0 Å². The highest BCUT2D eigenvalue weighted by Crippen LogP contribution is 2.01. The summed E-state index contributed by atoms with van der Waals surface area (Å²) in [5, 5.41) is 7.75. The van der Waals surface area contributed by atoms with Gasteiger partial charge in [0, 0.05) is 24.8 Å². The highest BCUT2D eigenvalue weighted by atomic mass is 15.3. The molecule has 1 aromatic heterocycles. The Labute approximate surface area is 92.9 Å². The first-order valence-electron chi connectivity index (χ1n) is 5.98. The van der Waals surface area contributed by atoms with Gasteiger partial charge >= 0.3 is 0 Å². The van der Waals surface area contributed by atoms with Gasteiger partial charge in [-0.1, -0.05) is 27.2 Å². The van der Waals surface area contributed by atoms with Gasteiger partial charge < -0.3 is 5.32 Å². The molecule has 0 bridgehead atoms. The SMILES string of the molecule is CCCn1cc(CNCC(C)CC)cn1. The maximum atomic E-state index is 4.30. The monoisotopic (exact) mass is 209 g/mol. The van der Waals surface area contributed by atoms with Crippen molar-refractivity contribution in [1.82, 2.24) is 15.1 Å². The minimum atomic E-state index is 0.760. The van der Waals surface area contributed by atoms with Crippen LogP contribution >= 0.6 is 0 Å². The van der Waals surface area contributed by atoms with Crippen LogP contribution in [0.25, 0.3) is 0 Å². The minimum Gasteiger partial charge on any atom is -0.312 e. The zero-order chi connectivity index (χ0) is 11.1. The van der Waals surface area contributed by atoms with E-state index in [-0.39, 0.29) is 0 Å². The fraction of sp³-hybridized carbons (Fsp3) is 0.750. The van der Waals surface area contributed by atoms with Crippen molar-refractivity contribution in [2.24, 2.45) is 5.92 Å². The number of hydrogen-bond donors (Lipinski definition) is 1. The lowest BCUT2D eigenvalue weighted by Gasteiger charge is -2.08. The molecule has 86 valence electrons. The zero-order valence-electron chi connectivity index (χ0n) is 10.2. The molecule has 0 aromatic carbocycles. The number of aryl methyl sites for hydroxylation is 1. The van der Waals surface area contributed by atoms with Crippen molar-refractivity contribution in [3.8, 4) is 0 Å². The van der Waals surface area contributed by atoms with Gasteiger partial charge in [-0.2, -0.15) is 5.10 Å². The van der Waals surface area contributed by atoms with E-state index in [1.807, 2.05) is 10.9 Å². The minimum absolute atomic E-state index is 0.760. The van der Waals surface area contributed by atoms with E-state index in [4.69, 9.17) is 0 Å². The molecule has 0 aliphatic rings. The lowest BCUT2D eigenvalue weighted by atomic mass is 10.1. The summed E-state index contributed by atoms with van der Waals surface area (Å²) >= 11 is 0. The summed E-state index contributed by atoms with van der Waals surface area (Å²) in [7, 11) is 0. The molecule has 1 N–H and O–H groups in total. The normalized spacial score (nSPS) is 13.0. The summed E-state index contributed by atoms with van der Waals surface area (Å²) < 4.78 is 2.01. The Morgan fingerprint density at radius 3 is 2.93 bits per heavy atom. The average Bonchev–Trinajstić information content (AvgIpc) is 2.66. The number of nitrogens with one attached hydrogen (secondary N) is 1. The second-order valence-corrected chi connectivity index (χ2v) is 4.26. The van der Waals surface area contributed by atoms with Gasteiger partial charge in [-0.05, 0) is 18.9 Å². The van der Waals surface area contributed by atoms with Gasteiger partial charge in [0.2, 0.25) is 0 Å². The molecule has 0 saturated heterocycles. The van der Waals surface area contributed by atoms with Gasteiger partial charge in [0.15, 0.2) is 0 Å². The Hall–Kier alpha value is -0.830. The molecule has 0 amide bonds. The Morgan fingerprint density at radius 1 is 1.47 bits per heavy atom. The second-order valence-electron chi connectivity index (χ2n) is 4.26. The van der Waals surface area contributed by atoms with E-state index in [0.717, 1.165) is 32.0 Å². The van der Waals surface area contributed by atoms with E-state index < -0.39 is 0 Å². The molecule has 0 saturated carbocycles. The first-order valence-corrected chi connectivity index (χ1v) is 5.98. The van der Waals surface area contributed by atoms with E-state index in [1.54, 1.807) is 0 Å². The Morgan fingerprint density at radius 2 is 2.27 bits per heavy atom. The third-order valence-electron chi connectivity index (χ3n) is 2.66. The highest BCUT2D eigenvalue weighted by molar-refractivity contribution is 5.03. The van der Waals surface area contributed by atoms with Crippen LogP contribution in [0.3, 0.4) is 0 Å². The summed E-state index contributed by atoms with van der Waals surface area (Å²) in [6.45, 7) is 9.72. The zero-order valence-corrected chi connectivity index (χ0v) is 10.2. The van der Waals surface area contributed by atoms with Crippen molar-refractivity contribution in [2.45, 2.75) is 46.7 Å². The first-order chi connectivity index (χ1) is 7.26. The van der Waals surface area contributed by atoms with Gasteiger partial charge in [0.05, 0.1) is 6.20 Å². The van der Waals surface area contributed by atoms with Crippen LogP contribution in [0.2, 0.25) is 0 Å². The highest BCUT2D eigenvalue weighted by Gasteiger charge is 2.00. The van der Waals surface area contributed by atoms with Crippen molar-refractivity contribution >= 4 is 0 Å². The topological polar surface area (TPSA) is 29.9 Å². The van der Waals surface area contributed by atoms with Crippen molar-refractivity contribution in [3.05, 3.63) is 18.0 Å². The fourth-order valence-corrected chi connectivity index (χ4v) is 1.46. The van der Waals surface area contributed by atoms with E-state index in [1.165, 1.54) is 12.0 Å². The Balaban J connectivity index is 2.25. The molecule has 1 aromatic rings. The number of aromatic nitrogens is 2. The van der Waals surface area contributed by atoms with Crippen LogP contribution in [-0.2, 0) is 13.1 Å². The molecule has 0 radical (unpaired) electrons. The second kappa shape index (κ2) is 6.62. The van der Waals surface area contributed by atoms with Crippen molar-refractivity contribution < 1.29 is 0 Å². The van der Waals surface area contributed by atoms with Gasteiger partial charge in [-0.25, -0.2) is 0 Å². The van der Waals surface area contributed by atoms with E-state index >= 15 is 0 Å². The fourth-order valence-electron chi connectivity index (χ4n) is 1.46. The van der Waals surface area contributed by atoms with E-state index in [9.17, 15) is 0 Å². The molecule has 1 unspecified atom stereocenters. The lowest BCUT2D eigenvalue weighted by Crippen LogP contribution is -2.19. The molecular formula is C12H23N3. The summed E-state index contributed by atoms with van der Waals surface area (Å²) in [6, 6.07) is 0. The van der Waals surface area contributed by atoms with Crippen LogP contribution in [0, 0.1) is 5.92 Å². The summed E-state index contributed by atoms with van der Waals surface area (Å²) in [5.74, 6) is 0.760. The molecule has 3 heteroatoms. The molecule has 0 aliphatic carbocycles. The largest absolute Gasteiger partial charge is 0.312 e. The molecule has 0 spiro atoms. The van der Waals surface area contributed by atoms with Crippen LogP contribution < -0.4 is 5.32 Å². The van der Waals surface area contributed by atoms with Crippen molar-refractivity contribution in [1.29, 1.82) is 0 Å². The number of rotatable bonds is 7. The lowest BCUT2D eigenvalue weighted by molar-refractivity contribution is 0.499. The van der Waals surface area contributed by atoms with Crippen LogP contribution in [0.1, 0.15) is 39.2 Å². The summed E-state index contributed by atoms with van der Waals surface area (Å²) in [4.78, 5) is 0. The molecule has 15 heavy (non-hydrogen) atoms. The first kappa shape index (κ1) is 12.2. The van der Waals surface area contributed by atoms with Crippen LogP contribution in [0.5, 0.6) is 0 Å². The molecule has 0 aliphatic heterocycles. The van der Waals surface area contributed by atoms with Crippen LogP contribution in [-0.4, -0.2) is 16.3 Å². The summed E-state index contributed by atoms with van der Waals surface area (Å²) in [5.41, 5.74) is 1.28. The maximum absolute atomic E-state index is 4.30. The maximum Gasteiger partial charge on any atom is 0.0534 e. The summed E-state index contributed by atoms with van der Waals surface area (Å²) in [6.07, 6.45) is 6.47. The quantitative estimate of drug-likeness (QED) is 0.747. The molecule has 1 heterocycles. The van der Waals surface area contributed by atoms with Gasteiger partial charge in [0.25, 0.3) is 0 Å². The average molecular weight is 209 g/mol. The molecule has 3 nitrogen and oxygen atoms in total. The molecular weight excluding hydrogens is 186 g/mol. The Kier molecular flexibility index (Phi) is 5.40. The molecule has 0 fully saturated rings. The standard InChI is InChI=1S/C12H23N3/c1-4-6-15-10-12(9-14-15)8-13-7-11(3)5-2/h9-11,13H,4-8H2,1-3H3. The molecule has 1 rings (SSSR count). The smallest absolute Gasteiger partial charge is 0.0534 e. The van der Waals surface area contributed by atoms with Crippen molar-refractivity contribution in [3.63, 3.8) is 0 Å². The van der Waals surface area contributed by atoms with Gasteiger partial charge in [-0.3, -0.25) is 4.68 Å². The van der Waals surface area contributed by atoms with Crippen LogP contribution in [0.15, 0.2) is 12.4 Å². The Bertz CT molecular complexity index is 268. The predicted octanol–water partition coefficient (Wildman–Crippen LogP) is 2.43. The van der Waals surface area contributed by atoms with E-state index in [0.29, 0.717) is 0 Å². The third kappa shape index (κ3) is 4.47. The van der Waals surface area contributed by atoms with Gasteiger partial charge in [-0.15, -0.1) is 0 Å². The number of nitrogens with zero attached hydrogens (tertiary/aromatic N) is 2. The molecule has 1 atom stereocenters. The third-order valence-corrected chi connectivity index (χ3v) is 2.66. The van der Waals surface area contributed by atoms with E-state index in [2.05, 4.69) is 37.4 Å². The van der Waals surface area contributed by atoms with Gasteiger partial charge in [0.1, 0.15) is 0 Å². The van der Waals surface area contributed by atoms with Crippen molar-refractivity contribution in [2.75, 3.05) is 6.54 Å². The number of hydrogen-bond acceptors (Lipinski definition) is 2.